The zero-order chi connectivity index (χ0) is 21.0. The summed E-state index contributed by atoms with van der Waals surface area (Å²) in [5.74, 6) is -1.82. The van der Waals surface area contributed by atoms with Gasteiger partial charge >= 0.3 is 5.97 Å². The number of ether oxygens (including phenoxy) is 1. The van der Waals surface area contributed by atoms with E-state index in [1.807, 2.05) is 0 Å². The van der Waals surface area contributed by atoms with E-state index in [2.05, 4.69) is 5.32 Å². The van der Waals surface area contributed by atoms with Gasteiger partial charge in [-0.05, 0) is 54.8 Å². The first-order chi connectivity index (χ1) is 13.8. The molecule has 2 aromatic carbocycles. The molecule has 3 rings (SSSR count). The summed E-state index contributed by atoms with van der Waals surface area (Å²) >= 11 is 5.88. The summed E-state index contributed by atoms with van der Waals surface area (Å²) in [7, 11) is 1.44. The van der Waals surface area contributed by atoms with E-state index < -0.39 is 35.6 Å². The number of hydrogen-bond acceptors (Lipinski definition) is 4. The van der Waals surface area contributed by atoms with Crippen LogP contribution in [0.2, 0.25) is 5.02 Å². The Bertz CT molecular complexity index is 911. The molecule has 1 fully saturated rings. The van der Waals surface area contributed by atoms with Gasteiger partial charge < -0.3 is 15.0 Å². The zero-order valence-corrected chi connectivity index (χ0v) is 16.5. The van der Waals surface area contributed by atoms with Crippen LogP contribution in [0.1, 0.15) is 18.4 Å². The van der Waals surface area contributed by atoms with Gasteiger partial charge in [0, 0.05) is 17.8 Å². The Morgan fingerprint density at radius 3 is 2.31 bits per heavy atom. The lowest BCUT2D eigenvalue weighted by Gasteiger charge is -2.19. The fraction of sp³-hybridized carbons (Fsp3) is 0.286. The second-order valence-electron chi connectivity index (χ2n) is 6.97. The molecule has 0 aliphatic heterocycles. The van der Waals surface area contributed by atoms with Crippen LogP contribution >= 0.6 is 11.6 Å². The maximum Gasteiger partial charge on any atom is 0.317 e. The number of likely N-dealkylation sites (N-methyl/N-ethyl adjacent to an activating group) is 1. The van der Waals surface area contributed by atoms with Crippen molar-refractivity contribution in [3.63, 3.8) is 0 Å². The predicted octanol–water partition coefficient (Wildman–Crippen LogP) is 3.15. The van der Waals surface area contributed by atoms with Crippen LogP contribution in [-0.2, 0) is 24.5 Å². The largest absolute Gasteiger partial charge is 0.455 e. The Morgan fingerprint density at radius 1 is 1.10 bits per heavy atom. The summed E-state index contributed by atoms with van der Waals surface area (Å²) in [5, 5.41) is 3.14. The van der Waals surface area contributed by atoms with Crippen LogP contribution in [0.25, 0.3) is 0 Å². The molecule has 2 amide bonds. The van der Waals surface area contributed by atoms with Crippen LogP contribution in [0.4, 0.5) is 10.1 Å². The molecule has 0 radical (unpaired) electrons. The van der Waals surface area contributed by atoms with E-state index in [4.69, 9.17) is 16.3 Å². The fourth-order valence-electron chi connectivity index (χ4n) is 2.92. The average molecular weight is 419 g/mol. The predicted molar refractivity (Wildman–Crippen MR) is 106 cm³/mol. The van der Waals surface area contributed by atoms with Gasteiger partial charge in [0.2, 0.25) is 5.91 Å². The van der Waals surface area contributed by atoms with Crippen molar-refractivity contribution in [3.8, 4) is 0 Å². The average Bonchev–Trinajstić information content (AvgIpc) is 3.50. The minimum absolute atomic E-state index is 0.226. The molecule has 0 saturated heterocycles. The summed E-state index contributed by atoms with van der Waals surface area (Å²) in [4.78, 5) is 37.9. The molecule has 1 aliphatic rings. The molecular formula is C21H20ClFN2O4. The number of nitrogens with zero attached hydrogens (tertiary/aromatic N) is 1. The molecule has 0 bridgehead atoms. The van der Waals surface area contributed by atoms with Gasteiger partial charge in [0.05, 0.1) is 12.0 Å². The molecular weight excluding hydrogens is 399 g/mol. The molecule has 0 atom stereocenters. The van der Waals surface area contributed by atoms with Crippen molar-refractivity contribution in [2.75, 3.05) is 25.5 Å². The van der Waals surface area contributed by atoms with E-state index in [1.165, 1.54) is 31.3 Å². The maximum absolute atomic E-state index is 12.9. The highest BCUT2D eigenvalue weighted by Gasteiger charge is 2.52. The van der Waals surface area contributed by atoms with Crippen LogP contribution in [0.15, 0.2) is 48.5 Å². The van der Waals surface area contributed by atoms with E-state index in [0.717, 1.165) is 10.5 Å². The Kier molecular flexibility index (Phi) is 6.17. The molecule has 29 heavy (non-hydrogen) atoms. The molecule has 152 valence electrons. The molecule has 1 aliphatic carbocycles. The lowest BCUT2D eigenvalue weighted by atomic mass is 9.96. The van der Waals surface area contributed by atoms with Crippen molar-refractivity contribution < 1.29 is 23.5 Å². The zero-order valence-electron chi connectivity index (χ0n) is 15.8. The Labute approximate surface area is 172 Å². The second kappa shape index (κ2) is 8.61. The van der Waals surface area contributed by atoms with Crippen molar-refractivity contribution in [3.05, 3.63) is 64.9 Å². The third-order valence-corrected chi connectivity index (χ3v) is 5.05. The Balaban J connectivity index is 1.48. The van der Waals surface area contributed by atoms with Gasteiger partial charge in [-0.1, -0.05) is 23.7 Å². The highest BCUT2D eigenvalue weighted by atomic mass is 35.5. The Hall–Kier alpha value is -2.93. The minimum Gasteiger partial charge on any atom is -0.455 e. The number of nitrogens with one attached hydrogen (secondary N) is 1. The molecule has 0 unspecified atom stereocenters. The first kappa shape index (κ1) is 20.8. The second-order valence-corrected chi connectivity index (χ2v) is 7.41. The van der Waals surface area contributed by atoms with Gasteiger partial charge in [-0.2, -0.15) is 0 Å². The van der Waals surface area contributed by atoms with Gasteiger partial charge in [-0.25, -0.2) is 4.39 Å². The van der Waals surface area contributed by atoms with Crippen molar-refractivity contribution in [1.82, 2.24) is 4.90 Å². The number of anilines is 1. The SMILES string of the molecule is CN(CC(=O)Nc1ccc(F)cc1)C(=O)COC(=O)C1(c2ccc(Cl)cc2)CC1. The summed E-state index contributed by atoms with van der Waals surface area (Å²) in [5.41, 5.74) is 0.511. The quantitative estimate of drug-likeness (QED) is 0.701. The van der Waals surface area contributed by atoms with Crippen LogP contribution in [0.5, 0.6) is 0 Å². The standard InChI is InChI=1S/C21H20ClFN2O4/c1-25(12-18(26)24-17-8-6-16(23)7-9-17)19(27)13-29-20(28)21(10-11-21)14-2-4-15(22)5-3-14/h2-9H,10-13H2,1H3,(H,24,26). The first-order valence-corrected chi connectivity index (χ1v) is 9.41. The lowest BCUT2D eigenvalue weighted by molar-refractivity contribution is -0.154. The number of carbonyl (C=O) groups excluding carboxylic acids is 3. The molecule has 0 heterocycles. The van der Waals surface area contributed by atoms with E-state index >= 15 is 0 Å². The highest BCUT2D eigenvalue weighted by molar-refractivity contribution is 6.30. The molecule has 6 nitrogen and oxygen atoms in total. The van der Waals surface area contributed by atoms with Crippen molar-refractivity contribution in [1.29, 1.82) is 0 Å². The highest BCUT2D eigenvalue weighted by Crippen LogP contribution is 2.49. The molecule has 2 aromatic rings. The summed E-state index contributed by atoms with van der Waals surface area (Å²) in [6, 6.07) is 12.3. The monoisotopic (exact) mass is 418 g/mol. The molecule has 0 aromatic heterocycles. The lowest BCUT2D eigenvalue weighted by Crippen LogP contribution is -2.38. The first-order valence-electron chi connectivity index (χ1n) is 9.03. The van der Waals surface area contributed by atoms with Gasteiger partial charge in [-0.15, -0.1) is 0 Å². The molecule has 0 spiro atoms. The number of halogens is 2. The molecule has 1 N–H and O–H groups in total. The van der Waals surface area contributed by atoms with Gasteiger partial charge in [0.15, 0.2) is 6.61 Å². The number of amides is 2. The summed E-state index contributed by atoms with van der Waals surface area (Å²) < 4.78 is 18.1. The van der Waals surface area contributed by atoms with Crippen LogP contribution in [0.3, 0.4) is 0 Å². The third-order valence-electron chi connectivity index (χ3n) is 4.80. The number of carbonyl (C=O) groups is 3. The van der Waals surface area contributed by atoms with E-state index in [9.17, 15) is 18.8 Å². The van der Waals surface area contributed by atoms with Gasteiger partial charge in [-0.3, -0.25) is 14.4 Å². The molecule has 8 heteroatoms. The number of hydrogen-bond donors (Lipinski definition) is 1. The van der Waals surface area contributed by atoms with E-state index in [-0.39, 0.29) is 6.54 Å². The van der Waals surface area contributed by atoms with Crippen molar-refractivity contribution in [2.45, 2.75) is 18.3 Å². The van der Waals surface area contributed by atoms with Crippen LogP contribution in [-0.4, -0.2) is 42.9 Å². The van der Waals surface area contributed by atoms with E-state index in [0.29, 0.717) is 23.6 Å². The fourth-order valence-corrected chi connectivity index (χ4v) is 3.04. The number of benzene rings is 2. The number of esters is 1. The van der Waals surface area contributed by atoms with Crippen LogP contribution in [0, 0.1) is 5.82 Å². The topological polar surface area (TPSA) is 75.7 Å². The number of rotatable bonds is 7. The summed E-state index contributed by atoms with van der Waals surface area (Å²) in [6.45, 7) is -0.676. The van der Waals surface area contributed by atoms with Crippen molar-refractivity contribution >= 4 is 35.1 Å². The minimum atomic E-state index is -0.719. The van der Waals surface area contributed by atoms with Gasteiger partial charge in [0.25, 0.3) is 5.91 Å². The Morgan fingerprint density at radius 2 is 1.72 bits per heavy atom. The smallest absolute Gasteiger partial charge is 0.317 e. The third kappa shape index (κ3) is 5.12. The van der Waals surface area contributed by atoms with Gasteiger partial charge in [0.1, 0.15) is 5.82 Å². The maximum atomic E-state index is 12.9. The molecule has 1 saturated carbocycles. The summed E-state index contributed by atoms with van der Waals surface area (Å²) in [6.07, 6.45) is 1.30. The van der Waals surface area contributed by atoms with E-state index in [1.54, 1.807) is 24.3 Å². The van der Waals surface area contributed by atoms with Crippen LogP contribution < -0.4 is 5.32 Å². The normalized spacial score (nSPS) is 14.0. The van der Waals surface area contributed by atoms with Crippen molar-refractivity contribution in [2.24, 2.45) is 0 Å².